The normalized spacial score (nSPS) is 15.4. The summed E-state index contributed by atoms with van der Waals surface area (Å²) >= 11 is 0. The van der Waals surface area contributed by atoms with E-state index in [4.69, 9.17) is 5.73 Å². The zero-order chi connectivity index (χ0) is 16.7. The van der Waals surface area contributed by atoms with E-state index in [0.29, 0.717) is 5.82 Å². The van der Waals surface area contributed by atoms with Gasteiger partial charge in [-0.25, -0.2) is 0 Å². The number of carbonyl (C=O) groups is 1. The van der Waals surface area contributed by atoms with Crippen LogP contribution >= 0.6 is 0 Å². The number of nitrogens with one attached hydrogen (secondary N) is 2. The highest BCUT2D eigenvalue weighted by molar-refractivity contribution is 5.94. The van der Waals surface area contributed by atoms with E-state index in [0.717, 1.165) is 0 Å². The van der Waals surface area contributed by atoms with E-state index in [1.807, 2.05) is 0 Å². The highest BCUT2D eigenvalue weighted by Crippen LogP contribution is 2.52. The van der Waals surface area contributed by atoms with E-state index in [9.17, 15) is 18.0 Å². The fourth-order valence-corrected chi connectivity index (χ4v) is 1.95. The van der Waals surface area contributed by atoms with Crippen molar-refractivity contribution in [3.05, 3.63) is 41.2 Å². The molecule has 1 aromatic heterocycles. The van der Waals surface area contributed by atoms with Crippen LogP contribution in [0.4, 0.5) is 19.1 Å². The van der Waals surface area contributed by atoms with Crippen molar-refractivity contribution in [2.24, 2.45) is 10.2 Å². The van der Waals surface area contributed by atoms with Crippen LogP contribution in [-0.2, 0) is 12.2 Å². The van der Waals surface area contributed by atoms with Gasteiger partial charge in [0.25, 0.3) is 5.91 Å². The number of rotatable bonds is 4. The molecular weight excluding hydrogens is 315 g/mol. The van der Waals surface area contributed by atoms with E-state index in [1.54, 1.807) is 0 Å². The van der Waals surface area contributed by atoms with Gasteiger partial charge in [-0.15, -0.1) is 15.3 Å². The molecule has 3 rings (SSSR count). The van der Waals surface area contributed by atoms with Gasteiger partial charge in [0.05, 0.1) is 6.54 Å². The zero-order valence-corrected chi connectivity index (χ0v) is 11.4. The molecule has 120 valence electrons. The first-order chi connectivity index (χ1) is 10.8. The maximum atomic E-state index is 12.9. The monoisotopic (exact) mass is 325 g/mol. The van der Waals surface area contributed by atoms with E-state index < -0.39 is 17.7 Å². The van der Waals surface area contributed by atoms with Crippen molar-refractivity contribution in [3.63, 3.8) is 0 Å². The van der Waals surface area contributed by atoms with Gasteiger partial charge in [-0.2, -0.15) is 18.2 Å². The predicted octanol–water partition coefficient (Wildman–Crippen LogP) is 1.50. The Morgan fingerprint density at radius 1 is 1.26 bits per heavy atom. The molecule has 1 amide bonds. The number of anilines is 1. The Bertz CT molecular complexity index is 760. The lowest BCUT2D eigenvalue weighted by atomic mass is 10.0. The first-order valence-corrected chi connectivity index (χ1v) is 6.38. The molecule has 1 aromatic carbocycles. The van der Waals surface area contributed by atoms with Crippen molar-refractivity contribution < 1.29 is 18.0 Å². The predicted molar refractivity (Wildman–Crippen MR) is 71.0 cm³/mol. The van der Waals surface area contributed by atoms with Crippen LogP contribution in [0, 0.1) is 0 Å². The van der Waals surface area contributed by atoms with E-state index in [1.165, 1.54) is 24.3 Å². The minimum absolute atomic E-state index is 0.0491. The summed E-state index contributed by atoms with van der Waals surface area (Å²) in [5, 5.41) is 14.8. The van der Waals surface area contributed by atoms with Crippen LogP contribution in [0.2, 0.25) is 0 Å². The fourth-order valence-electron chi connectivity index (χ4n) is 1.95. The van der Waals surface area contributed by atoms with Gasteiger partial charge in [0.1, 0.15) is 5.82 Å². The Kier molecular flexibility index (Phi) is 3.27. The molecule has 0 aliphatic carbocycles. The second kappa shape index (κ2) is 5.04. The summed E-state index contributed by atoms with van der Waals surface area (Å²) in [4.78, 5) is 15.7. The Morgan fingerprint density at radius 3 is 2.39 bits per heavy atom. The first-order valence-electron chi connectivity index (χ1n) is 6.38. The number of nitrogens with two attached hydrogens (primary N) is 1. The average Bonchev–Trinajstić information content (AvgIpc) is 3.23. The standard InChI is InChI=1S/C12H10F3N7O/c13-12(14,15)11(21-22-11)7-3-1-6(2-4-7)9(23)17-5-8-18-10(16)20-19-8/h1-4H,5H2,(H,17,23)(H3,16,18,19,20). The van der Waals surface area contributed by atoms with Gasteiger partial charge in [0, 0.05) is 11.1 Å². The van der Waals surface area contributed by atoms with E-state index in [2.05, 4.69) is 30.7 Å². The number of nitrogens with zero attached hydrogens (tertiary/aromatic N) is 4. The van der Waals surface area contributed by atoms with Crippen molar-refractivity contribution in [2.45, 2.75) is 18.4 Å². The number of carbonyl (C=O) groups excluding carboxylic acids is 1. The lowest BCUT2D eigenvalue weighted by Gasteiger charge is -2.14. The van der Waals surface area contributed by atoms with Crippen molar-refractivity contribution in [1.82, 2.24) is 20.5 Å². The molecule has 0 fully saturated rings. The summed E-state index contributed by atoms with van der Waals surface area (Å²) in [5.74, 6) is -0.0655. The minimum atomic E-state index is -4.59. The maximum Gasteiger partial charge on any atom is 0.442 e. The van der Waals surface area contributed by atoms with Crippen molar-refractivity contribution in [1.29, 1.82) is 0 Å². The Balaban J connectivity index is 1.66. The third kappa shape index (κ3) is 2.72. The molecular formula is C12H10F3N7O. The van der Waals surface area contributed by atoms with Gasteiger partial charge >= 0.3 is 11.8 Å². The summed E-state index contributed by atoms with van der Waals surface area (Å²) < 4.78 is 38.6. The Hall–Kier alpha value is -2.98. The molecule has 0 unspecified atom stereocenters. The molecule has 4 N–H and O–H groups in total. The molecule has 0 bridgehead atoms. The number of aromatic nitrogens is 3. The maximum absolute atomic E-state index is 12.9. The summed E-state index contributed by atoms with van der Waals surface area (Å²) in [7, 11) is 0. The molecule has 0 atom stereocenters. The van der Waals surface area contributed by atoms with Crippen LogP contribution in [0.5, 0.6) is 0 Å². The van der Waals surface area contributed by atoms with Gasteiger partial charge in [-0.3, -0.25) is 9.89 Å². The van der Waals surface area contributed by atoms with Gasteiger partial charge in [0.15, 0.2) is 0 Å². The van der Waals surface area contributed by atoms with Crippen molar-refractivity contribution >= 4 is 11.9 Å². The Labute approximate surface area is 127 Å². The zero-order valence-electron chi connectivity index (χ0n) is 11.4. The number of hydrogen-bond acceptors (Lipinski definition) is 6. The number of hydrogen-bond donors (Lipinski definition) is 3. The lowest BCUT2D eigenvalue weighted by Crippen LogP contribution is -2.30. The molecule has 8 nitrogen and oxygen atoms in total. The summed E-state index contributed by atoms with van der Waals surface area (Å²) in [6.07, 6.45) is -4.59. The Morgan fingerprint density at radius 2 is 1.91 bits per heavy atom. The van der Waals surface area contributed by atoms with Crippen molar-refractivity contribution in [2.75, 3.05) is 5.73 Å². The van der Waals surface area contributed by atoms with E-state index >= 15 is 0 Å². The molecule has 11 heteroatoms. The van der Waals surface area contributed by atoms with E-state index in [-0.39, 0.29) is 23.6 Å². The van der Waals surface area contributed by atoms with Gasteiger partial charge < -0.3 is 11.1 Å². The quantitative estimate of drug-likeness (QED) is 0.788. The molecule has 0 radical (unpaired) electrons. The van der Waals surface area contributed by atoms with Crippen LogP contribution in [-0.4, -0.2) is 27.3 Å². The number of H-pyrrole nitrogens is 1. The fraction of sp³-hybridized carbons (Fsp3) is 0.250. The number of nitrogen functional groups attached to an aromatic ring is 1. The molecule has 2 heterocycles. The lowest BCUT2D eigenvalue weighted by molar-refractivity contribution is -0.166. The van der Waals surface area contributed by atoms with Crippen molar-refractivity contribution in [3.8, 4) is 0 Å². The van der Waals surface area contributed by atoms with Crippen LogP contribution in [0.15, 0.2) is 34.5 Å². The molecule has 2 aromatic rings. The second-order valence-electron chi connectivity index (χ2n) is 4.77. The van der Waals surface area contributed by atoms with Crippen LogP contribution in [0.25, 0.3) is 0 Å². The number of benzene rings is 1. The topological polar surface area (TPSA) is 121 Å². The number of halogens is 3. The molecule has 0 spiro atoms. The van der Waals surface area contributed by atoms with Gasteiger partial charge in [0.2, 0.25) is 5.95 Å². The molecule has 0 saturated carbocycles. The number of alkyl halides is 3. The van der Waals surface area contributed by atoms with Crippen LogP contribution < -0.4 is 11.1 Å². The van der Waals surface area contributed by atoms with Gasteiger partial charge in [-0.05, 0) is 12.1 Å². The average molecular weight is 325 g/mol. The second-order valence-corrected chi connectivity index (χ2v) is 4.77. The third-order valence-corrected chi connectivity index (χ3v) is 3.21. The highest BCUT2D eigenvalue weighted by atomic mass is 19.4. The molecule has 1 aliphatic heterocycles. The minimum Gasteiger partial charge on any atom is -0.367 e. The van der Waals surface area contributed by atoms with Gasteiger partial charge in [-0.1, -0.05) is 12.1 Å². The number of aromatic amines is 1. The largest absolute Gasteiger partial charge is 0.442 e. The summed E-state index contributed by atoms with van der Waals surface area (Å²) in [5.41, 5.74) is 2.89. The van der Waals surface area contributed by atoms with Crippen LogP contribution in [0.3, 0.4) is 0 Å². The number of amides is 1. The summed E-state index contributed by atoms with van der Waals surface area (Å²) in [6, 6.07) is 4.90. The van der Waals surface area contributed by atoms with Crippen LogP contribution in [0.1, 0.15) is 21.7 Å². The highest BCUT2D eigenvalue weighted by Gasteiger charge is 2.65. The first kappa shape index (κ1) is 14.9. The third-order valence-electron chi connectivity index (χ3n) is 3.21. The smallest absolute Gasteiger partial charge is 0.367 e. The SMILES string of the molecule is Nc1n[nH]c(CNC(=O)c2ccc(C3(C(F)(F)F)N=N3)cc2)n1. The summed E-state index contributed by atoms with van der Waals surface area (Å²) in [6.45, 7) is 0.0575. The molecule has 0 saturated heterocycles. The molecule has 1 aliphatic rings. The molecule has 23 heavy (non-hydrogen) atoms.